The molecular formula is C13H14F2N2O3. The van der Waals surface area contributed by atoms with Crippen molar-refractivity contribution in [3.63, 3.8) is 0 Å². The van der Waals surface area contributed by atoms with Gasteiger partial charge in [0, 0.05) is 5.54 Å². The summed E-state index contributed by atoms with van der Waals surface area (Å²) in [5.74, 6) is -3.15. The minimum absolute atomic E-state index is 0.462. The van der Waals surface area contributed by atoms with Crippen LogP contribution < -0.4 is 5.32 Å². The van der Waals surface area contributed by atoms with Crippen LogP contribution in [0.25, 0.3) is 0 Å². The molecule has 1 saturated carbocycles. The highest BCUT2D eigenvalue weighted by molar-refractivity contribution is 5.95. The first kappa shape index (κ1) is 14.4. The first-order chi connectivity index (χ1) is 9.32. The molecule has 0 spiro atoms. The van der Waals surface area contributed by atoms with Gasteiger partial charge in [0.15, 0.2) is 0 Å². The Bertz CT molecular complexity index is 569. The summed E-state index contributed by atoms with van der Waals surface area (Å²) in [6, 6.07) is 1.14. The smallest absolute Gasteiger partial charge is 0.308 e. The fourth-order valence-electron chi connectivity index (χ4n) is 2.49. The maximum atomic E-state index is 13.9. The Labute approximate surface area is 114 Å². The first-order valence-electron chi connectivity index (χ1n) is 6.28. The molecule has 20 heavy (non-hydrogen) atoms. The lowest BCUT2D eigenvalue weighted by molar-refractivity contribution is -0.387. The van der Waals surface area contributed by atoms with Crippen LogP contribution in [0.5, 0.6) is 0 Å². The minimum Gasteiger partial charge on any atom is -0.347 e. The number of hydrogen-bond acceptors (Lipinski definition) is 3. The largest absolute Gasteiger partial charge is 0.347 e. The van der Waals surface area contributed by atoms with Crippen LogP contribution in [-0.2, 0) is 0 Å². The lowest BCUT2D eigenvalue weighted by atomic mass is 10.00. The Morgan fingerprint density at radius 3 is 2.50 bits per heavy atom. The Kier molecular flexibility index (Phi) is 3.69. The van der Waals surface area contributed by atoms with Crippen LogP contribution in [0.2, 0.25) is 0 Å². The van der Waals surface area contributed by atoms with E-state index < -0.39 is 39.3 Å². The van der Waals surface area contributed by atoms with Gasteiger partial charge < -0.3 is 5.32 Å². The van der Waals surface area contributed by atoms with E-state index in [0.717, 1.165) is 25.7 Å². The Morgan fingerprint density at radius 2 is 1.95 bits per heavy atom. The van der Waals surface area contributed by atoms with Crippen LogP contribution in [0.3, 0.4) is 0 Å². The second kappa shape index (κ2) is 5.15. The van der Waals surface area contributed by atoms with E-state index in [1.54, 1.807) is 0 Å². The third-order valence-corrected chi connectivity index (χ3v) is 3.58. The molecule has 1 aromatic carbocycles. The minimum atomic E-state index is -1.31. The van der Waals surface area contributed by atoms with Crippen molar-refractivity contribution in [2.75, 3.05) is 0 Å². The van der Waals surface area contributed by atoms with Gasteiger partial charge in [-0.15, -0.1) is 0 Å². The molecule has 2 rings (SSSR count). The van der Waals surface area contributed by atoms with E-state index in [0.29, 0.717) is 12.1 Å². The molecule has 1 amide bonds. The number of hydrogen-bond donors (Lipinski definition) is 1. The number of rotatable bonds is 3. The van der Waals surface area contributed by atoms with Crippen molar-refractivity contribution in [2.45, 2.75) is 38.1 Å². The molecule has 7 heteroatoms. The van der Waals surface area contributed by atoms with Crippen LogP contribution in [0, 0.1) is 21.7 Å². The maximum Gasteiger partial charge on any atom is 0.308 e. The summed E-state index contributed by atoms with van der Waals surface area (Å²) in [6.07, 6.45) is 3.39. The summed E-state index contributed by atoms with van der Waals surface area (Å²) in [6.45, 7) is 1.82. The van der Waals surface area contributed by atoms with Gasteiger partial charge >= 0.3 is 5.69 Å². The summed E-state index contributed by atoms with van der Waals surface area (Å²) >= 11 is 0. The SMILES string of the molecule is CC1(NC(=O)c2cc(F)cc([N+](=O)[O-])c2F)CCCC1. The quantitative estimate of drug-likeness (QED) is 0.685. The number of nitrogens with one attached hydrogen (secondary N) is 1. The van der Waals surface area contributed by atoms with Crippen LogP contribution in [0.15, 0.2) is 12.1 Å². The third-order valence-electron chi connectivity index (χ3n) is 3.58. The highest BCUT2D eigenvalue weighted by atomic mass is 19.1. The van der Waals surface area contributed by atoms with E-state index in [9.17, 15) is 23.7 Å². The van der Waals surface area contributed by atoms with Crippen molar-refractivity contribution in [1.82, 2.24) is 5.32 Å². The number of benzene rings is 1. The summed E-state index contributed by atoms with van der Waals surface area (Å²) in [5, 5.41) is 13.3. The summed E-state index contributed by atoms with van der Waals surface area (Å²) in [5.41, 5.74) is -2.14. The zero-order chi connectivity index (χ0) is 14.9. The molecule has 0 atom stereocenters. The van der Waals surface area contributed by atoms with Gasteiger partial charge in [-0.3, -0.25) is 14.9 Å². The van der Waals surface area contributed by atoms with Crippen molar-refractivity contribution in [3.05, 3.63) is 39.4 Å². The fourth-order valence-corrected chi connectivity index (χ4v) is 2.49. The molecule has 0 radical (unpaired) electrons. The van der Waals surface area contributed by atoms with E-state index in [4.69, 9.17) is 0 Å². The molecule has 108 valence electrons. The zero-order valence-corrected chi connectivity index (χ0v) is 10.9. The summed E-state index contributed by atoms with van der Waals surface area (Å²) < 4.78 is 27.2. The number of halogens is 2. The monoisotopic (exact) mass is 284 g/mol. The average Bonchev–Trinajstić information content (AvgIpc) is 2.77. The molecule has 0 unspecified atom stereocenters. The predicted octanol–water partition coefficient (Wildman–Crippen LogP) is 2.94. The number of nitro benzene ring substituents is 1. The zero-order valence-electron chi connectivity index (χ0n) is 10.9. The van der Waals surface area contributed by atoms with E-state index in [-0.39, 0.29) is 0 Å². The second-order valence-corrected chi connectivity index (χ2v) is 5.27. The highest BCUT2D eigenvalue weighted by Crippen LogP contribution is 2.30. The molecule has 0 aromatic heterocycles. The first-order valence-corrected chi connectivity index (χ1v) is 6.28. The molecule has 1 aliphatic carbocycles. The summed E-state index contributed by atoms with van der Waals surface area (Å²) in [7, 11) is 0. The van der Waals surface area contributed by atoms with Crippen molar-refractivity contribution < 1.29 is 18.5 Å². The highest BCUT2D eigenvalue weighted by Gasteiger charge is 2.32. The van der Waals surface area contributed by atoms with Gasteiger partial charge in [0.25, 0.3) is 5.91 Å². The van der Waals surface area contributed by atoms with Gasteiger partial charge in [-0.1, -0.05) is 12.8 Å². The standard InChI is InChI=1S/C13H14F2N2O3/c1-13(4-2-3-5-13)16-12(18)9-6-8(14)7-10(11(9)15)17(19)20/h6-7H,2-5H2,1H3,(H,16,18). The average molecular weight is 284 g/mol. The fraction of sp³-hybridized carbons (Fsp3) is 0.462. The third kappa shape index (κ3) is 2.76. The topological polar surface area (TPSA) is 72.2 Å². The van der Waals surface area contributed by atoms with Gasteiger partial charge in [0.05, 0.1) is 16.6 Å². The Morgan fingerprint density at radius 1 is 1.35 bits per heavy atom. The molecule has 0 saturated heterocycles. The lowest BCUT2D eigenvalue weighted by Gasteiger charge is -2.25. The van der Waals surface area contributed by atoms with Gasteiger partial charge in [-0.25, -0.2) is 4.39 Å². The van der Waals surface area contributed by atoms with E-state index >= 15 is 0 Å². The molecular weight excluding hydrogens is 270 g/mol. The molecule has 1 fully saturated rings. The van der Waals surface area contributed by atoms with E-state index in [2.05, 4.69) is 5.32 Å². The molecule has 1 aromatic rings. The molecule has 1 N–H and O–H groups in total. The van der Waals surface area contributed by atoms with Crippen LogP contribution in [0.4, 0.5) is 14.5 Å². The second-order valence-electron chi connectivity index (χ2n) is 5.27. The Balaban J connectivity index is 2.32. The maximum absolute atomic E-state index is 13.9. The molecule has 0 bridgehead atoms. The normalized spacial score (nSPS) is 16.9. The Hall–Kier alpha value is -2.05. The van der Waals surface area contributed by atoms with Gasteiger partial charge in [-0.2, -0.15) is 4.39 Å². The van der Waals surface area contributed by atoms with Crippen LogP contribution in [0.1, 0.15) is 43.0 Å². The van der Waals surface area contributed by atoms with Gasteiger partial charge in [-0.05, 0) is 25.8 Å². The number of carbonyl (C=O) groups is 1. The van der Waals surface area contributed by atoms with Crippen molar-refractivity contribution in [2.24, 2.45) is 0 Å². The molecule has 0 aliphatic heterocycles. The van der Waals surface area contributed by atoms with Crippen molar-refractivity contribution in [1.29, 1.82) is 0 Å². The number of nitrogens with zero attached hydrogens (tertiary/aromatic N) is 1. The number of amides is 1. The van der Waals surface area contributed by atoms with Crippen molar-refractivity contribution in [3.8, 4) is 0 Å². The van der Waals surface area contributed by atoms with Crippen molar-refractivity contribution >= 4 is 11.6 Å². The van der Waals surface area contributed by atoms with Crippen LogP contribution in [-0.4, -0.2) is 16.4 Å². The van der Waals surface area contributed by atoms with E-state index in [1.165, 1.54) is 0 Å². The number of carbonyl (C=O) groups excluding carboxylic acids is 1. The molecule has 5 nitrogen and oxygen atoms in total. The predicted molar refractivity (Wildman–Crippen MR) is 67.4 cm³/mol. The number of nitro groups is 1. The van der Waals surface area contributed by atoms with Gasteiger partial charge in [0.2, 0.25) is 5.82 Å². The lowest BCUT2D eigenvalue weighted by Crippen LogP contribution is -2.43. The summed E-state index contributed by atoms with van der Waals surface area (Å²) in [4.78, 5) is 21.6. The molecule has 0 heterocycles. The van der Waals surface area contributed by atoms with Crippen LogP contribution >= 0.6 is 0 Å². The molecule has 1 aliphatic rings. The van der Waals surface area contributed by atoms with E-state index in [1.807, 2.05) is 6.92 Å². The van der Waals surface area contributed by atoms with Gasteiger partial charge in [0.1, 0.15) is 5.82 Å².